The molecule has 2 nitrogen and oxygen atoms in total. The van der Waals surface area contributed by atoms with Gasteiger partial charge in [0.1, 0.15) is 0 Å². The molecule has 0 radical (unpaired) electrons. The van der Waals surface area contributed by atoms with Crippen LogP contribution < -0.4 is 5.32 Å². The largest absolute Gasteiger partial charge is 0.378 e. The van der Waals surface area contributed by atoms with E-state index in [0.29, 0.717) is 6.10 Å². The van der Waals surface area contributed by atoms with E-state index in [2.05, 4.69) is 12.2 Å². The Balaban J connectivity index is 1.90. The van der Waals surface area contributed by atoms with Gasteiger partial charge in [-0.1, -0.05) is 0 Å². The van der Waals surface area contributed by atoms with Crippen LogP contribution in [-0.4, -0.2) is 25.3 Å². The van der Waals surface area contributed by atoms with Crippen molar-refractivity contribution in [2.24, 2.45) is 5.92 Å². The summed E-state index contributed by atoms with van der Waals surface area (Å²) in [7, 11) is 0. The third-order valence-corrected chi connectivity index (χ3v) is 2.81. The summed E-state index contributed by atoms with van der Waals surface area (Å²) in [6.07, 6.45) is 3.12. The van der Waals surface area contributed by atoms with Crippen molar-refractivity contribution < 1.29 is 4.74 Å². The minimum absolute atomic E-state index is 0.498. The van der Waals surface area contributed by atoms with Crippen LogP contribution in [0.1, 0.15) is 19.8 Å². The molecule has 2 rings (SSSR count). The lowest BCUT2D eigenvalue weighted by Gasteiger charge is -2.34. The molecule has 0 aromatic heterocycles. The van der Waals surface area contributed by atoms with Gasteiger partial charge in [-0.15, -0.1) is 0 Å². The Kier molecular flexibility index (Phi) is 1.66. The first kappa shape index (κ1) is 6.62. The fraction of sp³-hybridized carbons (Fsp3) is 1.00. The standard InChI is InChI=1S/C8H15NO/c1-6-7(3-5-10-6)8-2-4-9-8/h6-9H,2-5H2,1H3. The highest BCUT2D eigenvalue weighted by Gasteiger charge is 2.34. The van der Waals surface area contributed by atoms with Crippen LogP contribution in [0.4, 0.5) is 0 Å². The summed E-state index contributed by atoms with van der Waals surface area (Å²) in [4.78, 5) is 0. The predicted molar refractivity (Wildman–Crippen MR) is 39.9 cm³/mol. The first-order valence-electron chi connectivity index (χ1n) is 4.23. The molecule has 0 aromatic rings. The maximum atomic E-state index is 5.48. The highest BCUT2D eigenvalue weighted by atomic mass is 16.5. The second-order valence-electron chi connectivity index (χ2n) is 3.38. The highest BCUT2D eigenvalue weighted by Crippen LogP contribution is 2.27. The molecule has 0 amide bonds. The average Bonchev–Trinajstić information content (AvgIpc) is 2.12. The van der Waals surface area contributed by atoms with Crippen molar-refractivity contribution in [2.45, 2.75) is 31.9 Å². The Hall–Kier alpha value is -0.0800. The molecule has 2 saturated heterocycles. The molecule has 2 fully saturated rings. The van der Waals surface area contributed by atoms with Gasteiger partial charge in [-0.25, -0.2) is 0 Å². The second kappa shape index (κ2) is 2.51. The summed E-state index contributed by atoms with van der Waals surface area (Å²) in [5, 5.41) is 3.44. The number of nitrogens with one attached hydrogen (secondary N) is 1. The van der Waals surface area contributed by atoms with Gasteiger partial charge in [0.05, 0.1) is 6.10 Å². The van der Waals surface area contributed by atoms with E-state index in [0.717, 1.165) is 18.6 Å². The summed E-state index contributed by atoms with van der Waals surface area (Å²) in [5.41, 5.74) is 0. The average molecular weight is 141 g/mol. The quantitative estimate of drug-likeness (QED) is 0.582. The molecular formula is C8H15NO. The number of hydrogen-bond donors (Lipinski definition) is 1. The lowest BCUT2D eigenvalue weighted by molar-refractivity contribution is 0.0859. The van der Waals surface area contributed by atoms with Gasteiger partial charge in [-0.2, -0.15) is 0 Å². The van der Waals surface area contributed by atoms with E-state index >= 15 is 0 Å². The van der Waals surface area contributed by atoms with E-state index in [9.17, 15) is 0 Å². The smallest absolute Gasteiger partial charge is 0.0590 e. The maximum absolute atomic E-state index is 5.48. The van der Waals surface area contributed by atoms with Crippen molar-refractivity contribution in [3.63, 3.8) is 0 Å². The normalized spacial score (nSPS) is 47.1. The first-order chi connectivity index (χ1) is 4.88. The van der Waals surface area contributed by atoms with Crippen LogP contribution in [0.25, 0.3) is 0 Å². The molecule has 3 atom stereocenters. The summed E-state index contributed by atoms with van der Waals surface area (Å²) < 4.78 is 5.48. The van der Waals surface area contributed by atoms with Gasteiger partial charge in [-0.3, -0.25) is 0 Å². The fourth-order valence-corrected chi connectivity index (χ4v) is 1.95. The third kappa shape index (κ3) is 0.956. The van der Waals surface area contributed by atoms with Gasteiger partial charge in [0.25, 0.3) is 0 Å². The molecule has 0 bridgehead atoms. The molecule has 0 aliphatic carbocycles. The van der Waals surface area contributed by atoms with Gasteiger partial charge in [0.2, 0.25) is 0 Å². The van der Waals surface area contributed by atoms with E-state index in [4.69, 9.17) is 4.74 Å². The SMILES string of the molecule is CC1OCCC1C1CCN1. The van der Waals surface area contributed by atoms with Crippen LogP contribution in [0.5, 0.6) is 0 Å². The van der Waals surface area contributed by atoms with E-state index in [1.54, 1.807) is 0 Å². The van der Waals surface area contributed by atoms with Crippen molar-refractivity contribution in [2.75, 3.05) is 13.2 Å². The molecular weight excluding hydrogens is 126 g/mol. The summed E-state index contributed by atoms with van der Waals surface area (Å²) in [6.45, 7) is 4.38. The number of hydrogen-bond acceptors (Lipinski definition) is 2. The monoisotopic (exact) mass is 141 g/mol. The third-order valence-electron chi connectivity index (χ3n) is 2.81. The molecule has 10 heavy (non-hydrogen) atoms. The molecule has 2 aliphatic heterocycles. The van der Waals surface area contributed by atoms with E-state index in [1.165, 1.54) is 19.4 Å². The van der Waals surface area contributed by atoms with Gasteiger partial charge in [0, 0.05) is 18.6 Å². The zero-order valence-corrected chi connectivity index (χ0v) is 6.47. The van der Waals surface area contributed by atoms with E-state index in [-0.39, 0.29) is 0 Å². The van der Waals surface area contributed by atoms with Crippen LogP contribution in [0.2, 0.25) is 0 Å². The van der Waals surface area contributed by atoms with Crippen molar-refractivity contribution >= 4 is 0 Å². The molecule has 0 aromatic carbocycles. The summed E-state index contributed by atoms with van der Waals surface area (Å²) in [5.74, 6) is 0.800. The minimum atomic E-state index is 0.498. The molecule has 0 saturated carbocycles. The topological polar surface area (TPSA) is 21.3 Å². The van der Waals surface area contributed by atoms with Gasteiger partial charge < -0.3 is 10.1 Å². The Morgan fingerprint density at radius 2 is 2.20 bits per heavy atom. The number of rotatable bonds is 1. The van der Waals surface area contributed by atoms with E-state index in [1.807, 2.05) is 0 Å². The first-order valence-corrected chi connectivity index (χ1v) is 4.23. The van der Waals surface area contributed by atoms with Gasteiger partial charge in [-0.05, 0) is 26.3 Å². The lowest BCUT2D eigenvalue weighted by atomic mass is 9.87. The Morgan fingerprint density at radius 3 is 2.60 bits per heavy atom. The van der Waals surface area contributed by atoms with Crippen LogP contribution in [0.3, 0.4) is 0 Å². The van der Waals surface area contributed by atoms with Crippen molar-refractivity contribution in [3.05, 3.63) is 0 Å². The zero-order chi connectivity index (χ0) is 6.97. The molecule has 58 valence electrons. The van der Waals surface area contributed by atoms with Crippen molar-refractivity contribution in [3.8, 4) is 0 Å². The van der Waals surface area contributed by atoms with E-state index < -0.39 is 0 Å². The number of ether oxygens (including phenoxy) is 1. The van der Waals surface area contributed by atoms with Crippen LogP contribution in [-0.2, 0) is 4.74 Å². The molecule has 2 aliphatic rings. The Bertz CT molecular complexity index is 122. The highest BCUT2D eigenvalue weighted by molar-refractivity contribution is 4.89. The van der Waals surface area contributed by atoms with Gasteiger partial charge in [0.15, 0.2) is 0 Å². The Morgan fingerprint density at radius 1 is 1.40 bits per heavy atom. The molecule has 2 heteroatoms. The zero-order valence-electron chi connectivity index (χ0n) is 6.47. The molecule has 3 unspecified atom stereocenters. The Labute approximate surface area is 61.9 Å². The molecule has 1 N–H and O–H groups in total. The predicted octanol–water partition coefficient (Wildman–Crippen LogP) is 0.773. The summed E-state index contributed by atoms with van der Waals surface area (Å²) in [6, 6.07) is 0.775. The van der Waals surface area contributed by atoms with Crippen LogP contribution in [0.15, 0.2) is 0 Å². The summed E-state index contributed by atoms with van der Waals surface area (Å²) >= 11 is 0. The van der Waals surface area contributed by atoms with Crippen molar-refractivity contribution in [1.82, 2.24) is 5.32 Å². The lowest BCUT2D eigenvalue weighted by Crippen LogP contribution is -2.49. The van der Waals surface area contributed by atoms with Gasteiger partial charge >= 0.3 is 0 Å². The van der Waals surface area contributed by atoms with Crippen LogP contribution >= 0.6 is 0 Å². The molecule has 2 heterocycles. The second-order valence-corrected chi connectivity index (χ2v) is 3.38. The van der Waals surface area contributed by atoms with Crippen LogP contribution in [0, 0.1) is 5.92 Å². The minimum Gasteiger partial charge on any atom is -0.378 e. The molecule has 0 spiro atoms. The maximum Gasteiger partial charge on any atom is 0.0590 e. The van der Waals surface area contributed by atoms with Crippen molar-refractivity contribution in [1.29, 1.82) is 0 Å². The fourth-order valence-electron chi connectivity index (χ4n) is 1.95.